The lowest BCUT2D eigenvalue weighted by Gasteiger charge is -2.07. The molecule has 0 bridgehead atoms. The fraction of sp³-hybridized carbons (Fsp3) is 0.111. The first-order chi connectivity index (χ1) is 12.5. The number of ether oxygens (including phenoxy) is 1. The lowest BCUT2D eigenvalue weighted by atomic mass is 10.3. The summed E-state index contributed by atoms with van der Waals surface area (Å²) in [5.74, 6) is -0.564. The molecule has 1 heterocycles. The minimum Gasteiger partial charge on any atom is -0.490 e. The molecular formula is C18H14Cl2FN3O2. The first kappa shape index (κ1) is 18.2. The molecule has 1 amide bonds. The number of anilines is 1. The largest absolute Gasteiger partial charge is 0.490 e. The lowest BCUT2D eigenvalue weighted by Crippen LogP contribution is -2.14. The van der Waals surface area contributed by atoms with Crippen LogP contribution in [0.25, 0.3) is 5.69 Å². The summed E-state index contributed by atoms with van der Waals surface area (Å²) >= 11 is 12.0. The van der Waals surface area contributed by atoms with E-state index in [2.05, 4.69) is 10.4 Å². The predicted octanol–water partition coefficient (Wildman–Crippen LogP) is 4.97. The van der Waals surface area contributed by atoms with Gasteiger partial charge in [0.15, 0.2) is 11.4 Å². The Bertz CT molecular complexity index is 942. The molecular weight excluding hydrogens is 380 g/mol. The van der Waals surface area contributed by atoms with E-state index in [1.807, 2.05) is 0 Å². The van der Waals surface area contributed by atoms with Gasteiger partial charge in [-0.05, 0) is 49.4 Å². The summed E-state index contributed by atoms with van der Waals surface area (Å²) < 4.78 is 20.0. The molecule has 3 rings (SSSR count). The summed E-state index contributed by atoms with van der Waals surface area (Å²) in [5.41, 5.74) is 1.03. The van der Waals surface area contributed by atoms with E-state index < -0.39 is 5.91 Å². The van der Waals surface area contributed by atoms with Crippen molar-refractivity contribution in [2.75, 3.05) is 11.9 Å². The maximum atomic E-state index is 13.1. The number of hydrogen-bond donors (Lipinski definition) is 1. The summed E-state index contributed by atoms with van der Waals surface area (Å²) in [6.07, 6.45) is 1.56. The van der Waals surface area contributed by atoms with Crippen LogP contribution in [0.3, 0.4) is 0 Å². The van der Waals surface area contributed by atoms with E-state index in [0.29, 0.717) is 33.8 Å². The highest BCUT2D eigenvalue weighted by atomic mass is 35.5. The van der Waals surface area contributed by atoms with Crippen molar-refractivity contribution in [3.8, 4) is 11.4 Å². The first-order valence-electron chi connectivity index (χ1n) is 7.72. The molecule has 0 saturated carbocycles. The second kappa shape index (κ2) is 7.76. The Morgan fingerprint density at radius 3 is 2.65 bits per heavy atom. The van der Waals surface area contributed by atoms with Gasteiger partial charge in [-0.1, -0.05) is 23.2 Å². The van der Waals surface area contributed by atoms with Crippen LogP contribution in [0.1, 0.15) is 17.4 Å². The quantitative estimate of drug-likeness (QED) is 0.665. The first-order valence-corrected chi connectivity index (χ1v) is 8.48. The van der Waals surface area contributed by atoms with Gasteiger partial charge in [0, 0.05) is 5.02 Å². The Kier molecular flexibility index (Phi) is 5.44. The fourth-order valence-corrected chi connectivity index (χ4v) is 2.61. The van der Waals surface area contributed by atoms with Crippen LogP contribution in [0.4, 0.5) is 10.1 Å². The van der Waals surface area contributed by atoms with Gasteiger partial charge in [-0.2, -0.15) is 5.10 Å². The van der Waals surface area contributed by atoms with Crippen molar-refractivity contribution >= 4 is 34.8 Å². The highest BCUT2D eigenvalue weighted by Gasteiger charge is 2.20. The zero-order chi connectivity index (χ0) is 18.7. The standard InChI is InChI=1S/C18H14Cl2FN3O2/c1-2-26-16-10-24(13-6-4-12(21)5-7-13)23-17(16)18(25)22-15-9-11(19)3-8-14(15)20/h3-10H,2H2,1H3,(H,22,25). The third kappa shape index (κ3) is 3.98. The third-order valence-corrected chi connectivity index (χ3v) is 4.03. The Balaban J connectivity index is 1.93. The van der Waals surface area contributed by atoms with Gasteiger partial charge < -0.3 is 10.1 Å². The van der Waals surface area contributed by atoms with Crippen molar-refractivity contribution in [1.82, 2.24) is 9.78 Å². The maximum absolute atomic E-state index is 13.1. The molecule has 134 valence electrons. The number of halogens is 3. The van der Waals surface area contributed by atoms with E-state index in [1.165, 1.54) is 16.8 Å². The van der Waals surface area contributed by atoms with Crippen LogP contribution in [0, 0.1) is 5.82 Å². The van der Waals surface area contributed by atoms with Gasteiger partial charge in [0.25, 0.3) is 5.91 Å². The zero-order valence-electron chi connectivity index (χ0n) is 13.7. The molecule has 2 aromatic carbocycles. The molecule has 0 radical (unpaired) electrons. The molecule has 0 spiro atoms. The highest BCUT2D eigenvalue weighted by molar-refractivity contribution is 6.35. The smallest absolute Gasteiger partial charge is 0.280 e. The van der Waals surface area contributed by atoms with E-state index in [0.717, 1.165) is 0 Å². The van der Waals surface area contributed by atoms with Gasteiger partial charge in [0.1, 0.15) is 5.82 Å². The topological polar surface area (TPSA) is 56.2 Å². The van der Waals surface area contributed by atoms with E-state index >= 15 is 0 Å². The molecule has 0 saturated heterocycles. The van der Waals surface area contributed by atoms with Gasteiger partial charge in [-0.25, -0.2) is 9.07 Å². The van der Waals surface area contributed by atoms with Gasteiger partial charge in [0.2, 0.25) is 0 Å². The van der Waals surface area contributed by atoms with Crippen LogP contribution in [0.5, 0.6) is 5.75 Å². The molecule has 5 nitrogen and oxygen atoms in total. The van der Waals surface area contributed by atoms with Crippen molar-refractivity contribution in [2.45, 2.75) is 6.92 Å². The molecule has 1 N–H and O–H groups in total. The van der Waals surface area contributed by atoms with Gasteiger partial charge in [-0.15, -0.1) is 0 Å². The van der Waals surface area contributed by atoms with Crippen molar-refractivity contribution in [3.05, 3.63) is 70.2 Å². The summed E-state index contributed by atoms with van der Waals surface area (Å²) in [6, 6.07) is 10.5. The molecule has 0 unspecified atom stereocenters. The third-order valence-electron chi connectivity index (χ3n) is 3.46. The molecule has 0 aliphatic carbocycles. The fourth-order valence-electron chi connectivity index (χ4n) is 2.28. The number of nitrogens with zero attached hydrogens (tertiary/aromatic N) is 2. The summed E-state index contributed by atoms with van der Waals surface area (Å²) in [6.45, 7) is 2.15. The Hall–Kier alpha value is -2.57. The molecule has 26 heavy (non-hydrogen) atoms. The summed E-state index contributed by atoms with van der Waals surface area (Å²) in [5, 5.41) is 7.71. The van der Waals surface area contributed by atoms with Crippen molar-refractivity contribution < 1.29 is 13.9 Å². The van der Waals surface area contributed by atoms with Crippen molar-refractivity contribution in [3.63, 3.8) is 0 Å². The van der Waals surface area contributed by atoms with E-state index in [1.54, 1.807) is 43.5 Å². The summed E-state index contributed by atoms with van der Waals surface area (Å²) in [7, 11) is 0. The normalized spacial score (nSPS) is 10.6. The number of carbonyl (C=O) groups is 1. The molecule has 0 aliphatic heterocycles. The SMILES string of the molecule is CCOc1cn(-c2ccc(F)cc2)nc1C(=O)Nc1cc(Cl)ccc1Cl. The number of benzene rings is 2. The van der Waals surface area contributed by atoms with Crippen LogP contribution in [0.2, 0.25) is 10.0 Å². The number of amides is 1. The van der Waals surface area contributed by atoms with E-state index in [4.69, 9.17) is 27.9 Å². The zero-order valence-corrected chi connectivity index (χ0v) is 15.2. The van der Waals surface area contributed by atoms with E-state index in [-0.39, 0.29) is 11.5 Å². The minimum absolute atomic E-state index is 0.0761. The molecule has 0 aliphatic rings. The molecule has 0 fully saturated rings. The Morgan fingerprint density at radius 2 is 1.96 bits per heavy atom. The van der Waals surface area contributed by atoms with Crippen LogP contribution in [-0.4, -0.2) is 22.3 Å². The number of hydrogen-bond acceptors (Lipinski definition) is 3. The number of nitrogens with one attached hydrogen (secondary N) is 1. The monoisotopic (exact) mass is 393 g/mol. The number of carbonyl (C=O) groups excluding carboxylic acids is 1. The molecule has 8 heteroatoms. The summed E-state index contributed by atoms with van der Waals surface area (Å²) in [4.78, 5) is 12.6. The van der Waals surface area contributed by atoms with Crippen molar-refractivity contribution in [2.24, 2.45) is 0 Å². The maximum Gasteiger partial charge on any atom is 0.280 e. The number of aromatic nitrogens is 2. The second-order valence-corrected chi connectivity index (χ2v) is 6.12. The van der Waals surface area contributed by atoms with Crippen LogP contribution >= 0.6 is 23.2 Å². The molecule has 3 aromatic rings. The van der Waals surface area contributed by atoms with Crippen LogP contribution in [-0.2, 0) is 0 Å². The Labute approximate surface area is 159 Å². The average molecular weight is 394 g/mol. The van der Waals surface area contributed by atoms with Crippen LogP contribution in [0.15, 0.2) is 48.7 Å². The highest BCUT2D eigenvalue weighted by Crippen LogP contribution is 2.27. The van der Waals surface area contributed by atoms with Crippen LogP contribution < -0.4 is 10.1 Å². The van der Waals surface area contributed by atoms with Gasteiger partial charge in [0.05, 0.1) is 29.2 Å². The van der Waals surface area contributed by atoms with Gasteiger partial charge >= 0.3 is 0 Å². The average Bonchev–Trinajstić information content (AvgIpc) is 3.03. The van der Waals surface area contributed by atoms with Crippen molar-refractivity contribution in [1.29, 1.82) is 0 Å². The number of rotatable bonds is 5. The minimum atomic E-state index is -0.501. The lowest BCUT2D eigenvalue weighted by molar-refractivity contribution is 0.101. The molecule has 1 aromatic heterocycles. The van der Waals surface area contributed by atoms with E-state index in [9.17, 15) is 9.18 Å². The molecule has 0 atom stereocenters. The Morgan fingerprint density at radius 1 is 1.23 bits per heavy atom. The second-order valence-electron chi connectivity index (χ2n) is 5.27. The van der Waals surface area contributed by atoms with Gasteiger partial charge in [-0.3, -0.25) is 4.79 Å². The predicted molar refractivity (Wildman–Crippen MR) is 99.1 cm³/mol.